The van der Waals surface area contributed by atoms with Crippen molar-refractivity contribution in [2.45, 2.75) is 18.4 Å². The van der Waals surface area contributed by atoms with Crippen molar-refractivity contribution < 1.29 is 114 Å². The van der Waals surface area contributed by atoms with E-state index in [1.54, 1.807) is 0 Å². The van der Waals surface area contributed by atoms with E-state index in [0.717, 1.165) is 0 Å². The second-order valence-corrected chi connectivity index (χ2v) is 5.90. The third kappa shape index (κ3) is 20.2. The minimum Gasteiger partial charge on any atom is -0.790 e. The molecule has 4 N–H and O–H groups in total. The Balaban J connectivity index is -0.000000162. The summed E-state index contributed by atoms with van der Waals surface area (Å²) in [6.45, 7) is 0. The van der Waals surface area contributed by atoms with Crippen LogP contribution in [0.15, 0.2) is 0 Å². The molecule has 14 nitrogen and oxygen atoms in total. The normalized spacial score (nSPS) is 11.0. The molecular weight excluding hydrogens is 437 g/mol. The third-order valence-corrected chi connectivity index (χ3v) is 3.09. The minimum absolute atomic E-state index is 0. The van der Waals surface area contributed by atoms with Gasteiger partial charge < -0.3 is 53.4 Å². The van der Waals surface area contributed by atoms with Gasteiger partial charge in [0, 0.05) is 0 Å². The van der Waals surface area contributed by atoms with Crippen LogP contribution in [-0.2, 0) is 44.9 Å². The van der Waals surface area contributed by atoms with Gasteiger partial charge in [0.15, 0.2) is 5.60 Å². The maximum Gasteiger partial charge on any atom is 3.00 e. The van der Waals surface area contributed by atoms with Gasteiger partial charge in [0.2, 0.25) is 0 Å². The van der Waals surface area contributed by atoms with Crippen LogP contribution in [0, 0.1) is 0 Å². The fourth-order valence-corrected chi connectivity index (χ4v) is 1.82. The molecule has 0 spiro atoms. The van der Waals surface area contributed by atoms with Crippen LogP contribution >= 0.6 is 15.6 Å². The molecule has 0 atom stereocenters. The molecule has 0 rings (SSSR count). The Bertz CT molecular complexity index is 487. The van der Waals surface area contributed by atoms with E-state index in [0.29, 0.717) is 0 Å². The molecule has 1 radical (unpaired) electrons. The monoisotopic (exact) mass is 445 g/mol. The Morgan fingerprint density at radius 3 is 1.21 bits per heavy atom. The summed E-state index contributed by atoms with van der Waals surface area (Å²) < 4.78 is 21.2. The molecule has 0 saturated heterocycles. The van der Waals surface area contributed by atoms with Crippen LogP contribution in [0.4, 0.5) is 0 Å². The summed E-state index contributed by atoms with van der Waals surface area (Å²) in [6.07, 6.45) is -2.29. The number of aliphatic carboxylic acids is 3. The summed E-state index contributed by atoms with van der Waals surface area (Å²) in [5.41, 5.74) is -2.74. The number of rotatable bonds is 7. The first-order chi connectivity index (χ1) is 9.48. The average molecular weight is 445 g/mol. The van der Waals surface area contributed by atoms with Crippen molar-refractivity contribution >= 4 is 33.6 Å². The number of aliphatic hydroxyl groups is 1. The van der Waals surface area contributed by atoms with E-state index in [2.05, 4.69) is 4.31 Å². The number of hydrogen-bond donors (Lipinski definition) is 4. The van der Waals surface area contributed by atoms with Crippen molar-refractivity contribution in [1.29, 1.82) is 0 Å². The van der Waals surface area contributed by atoms with E-state index >= 15 is 0 Å². The van der Waals surface area contributed by atoms with Crippen molar-refractivity contribution in [3.8, 4) is 0 Å². The summed E-state index contributed by atoms with van der Waals surface area (Å²) in [5, 5.41) is 33.8. The molecule has 0 bridgehead atoms. The van der Waals surface area contributed by atoms with Crippen LogP contribution in [0.1, 0.15) is 12.8 Å². The van der Waals surface area contributed by atoms with Gasteiger partial charge in [0.25, 0.3) is 0 Å². The molecule has 0 heterocycles. The molecule has 0 aromatic rings. The van der Waals surface area contributed by atoms with E-state index < -0.39 is 52.0 Å². The van der Waals surface area contributed by atoms with E-state index in [1.807, 2.05) is 0 Å². The number of carboxylic acid groups (broad SMARTS) is 3. The van der Waals surface area contributed by atoms with Gasteiger partial charge >= 0.3 is 64.5 Å². The largest absolute Gasteiger partial charge is 3.00 e. The number of carbonyl (C=O) groups is 3. The number of carboxylic acids is 3. The van der Waals surface area contributed by atoms with Gasteiger partial charge in [-0.05, 0) is 0 Å². The predicted molar refractivity (Wildman–Crippen MR) is 53.4 cm³/mol. The van der Waals surface area contributed by atoms with Crippen molar-refractivity contribution in [3.63, 3.8) is 0 Å². The smallest absolute Gasteiger partial charge is 0.790 e. The Kier molecular flexibility index (Phi) is 16.6. The summed E-state index contributed by atoms with van der Waals surface area (Å²) in [6, 6.07) is 0. The number of hydrogen-bond acceptors (Lipinski definition) is 11. The minimum atomic E-state index is -5.68. The van der Waals surface area contributed by atoms with E-state index in [-0.39, 0.29) is 46.6 Å². The fourth-order valence-electron chi connectivity index (χ4n) is 0.837. The van der Waals surface area contributed by atoms with Crippen molar-refractivity contribution in [2.75, 3.05) is 0 Å². The molecular formula is C6H8FeNaO14P2. The van der Waals surface area contributed by atoms with Crippen molar-refractivity contribution in [3.05, 3.63) is 0 Å². The fraction of sp³-hybridized carbons (Fsp3) is 0.500. The maximum absolute atomic E-state index is 10.3. The van der Waals surface area contributed by atoms with Crippen LogP contribution < -0.4 is 49.1 Å². The third-order valence-electron chi connectivity index (χ3n) is 1.49. The van der Waals surface area contributed by atoms with Crippen molar-refractivity contribution in [2.24, 2.45) is 0 Å². The molecule has 0 amide bonds. The van der Waals surface area contributed by atoms with Gasteiger partial charge in [-0.3, -0.25) is 9.59 Å². The van der Waals surface area contributed by atoms with Gasteiger partial charge in [-0.1, -0.05) is 0 Å². The Hall–Kier alpha value is 0.149. The molecule has 24 heavy (non-hydrogen) atoms. The van der Waals surface area contributed by atoms with E-state index in [9.17, 15) is 43.1 Å². The van der Waals surface area contributed by atoms with Gasteiger partial charge in [-0.25, -0.2) is 4.79 Å². The molecule has 0 aliphatic carbocycles. The zero-order valence-corrected chi connectivity index (χ0v) is 16.4. The van der Waals surface area contributed by atoms with Gasteiger partial charge in [-0.15, -0.1) is 0 Å². The topological polar surface area (TPSA) is 268 Å². The summed E-state index contributed by atoms with van der Waals surface area (Å²) >= 11 is 0. The SMILES string of the molecule is O=C(O)CC(O)(CC(=O)O)C(=O)O.O=P([O-])([O-])OP(=O)([O-])[O-].[Fe+3].[Na+]. The molecule has 0 aliphatic heterocycles. The summed E-state index contributed by atoms with van der Waals surface area (Å²) in [4.78, 5) is 67.8. The zero-order valence-electron chi connectivity index (χ0n) is 11.5. The van der Waals surface area contributed by atoms with Gasteiger partial charge in [0.05, 0.1) is 28.5 Å². The first-order valence-corrected chi connectivity index (χ1v) is 7.55. The molecule has 0 unspecified atom stereocenters. The van der Waals surface area contributed by atoms with Crippen LogP contribution in [0.25, 0.3) is 0 Å². The molecule has 0 fully saturated rings. The standard InChI is InChI=1S/C6H8O7.Fe.Na.H4O7P2/c7-3(8)1-6(13,5(11)12)2-4(9)10;;;1-8(2,3)7-9(4,5)6/h13H,1-2H2,(H,7,8)(H,9,10)(H,11,12);;;(H2,1,2,3)(H2,4,5,6)/q;+3;+1;/p-4. The maximum atomic E-state index is 10.3. The Labute approximate surface area is 166 Å². The van der Waals surface area contributed by atoms with Crippen LogP contribution in [-0.4, -0.2) is 43.9 Å². The summed E-state index contributed by atoms with van der Waals surface area (Å²) in [7, 11) is -11.4. The van der Waals surface area contributed by atoms with Crippen molar-refractivity contribution in [1.82, 2.24) is 0 Å². The molecule has 0 aromatic carbocycles. The van der Waals surface area contributed by atoms with E-state index in [1.165, 1.54) is 0 Å². The Morgan fingerprint density at radius 2 is 1.12 bits per heavy atom. The second kappa shape index (κ2) is 12.5. The quantitative estimate of drug-likeness (QED) is 0.209. The number of phosphoric acid groups is 2. The van der Waals surface area contributed by atoms with Gasteiger partial charge in [0.1, 0.15) is 0 Å². The molecule has 0 aliphatic rings. The average Bonchev–Trinajstić information content (AvgIpc) is 2.08. The predicted octanol–water partition coefficient (Wildman–Crippen LogP) is -7.59. The molecule has 135 valence electrons. The summed E-state index contributed by atoms with van der Waals surface area (Å²) in [5.74, 6) is -5.02. The second-order valence-electron chi connectivity index (χ2n) is 3.45. The van der Waals surface area contributed by atoms with Gasteiger partial charge in [-0.2, -0.15) is 0 Å². The Morgan fingerprint density at radius 1 is 0.875 bits per heavy atom. The van der Waals surface area contributed by atoms with Crippen LogP contribution in [0.2, 0.25) is 0 Å². The molecule has 0 saturated carbocycles. The van der Waals surface area contributed by atoms with E-state index in [4.69, 9.17) is 20.4 Å². The molecule has 18 heteroatoms. The molecule has 0 aromatic heterocycles. The van der Waals surface area contributed by atoms with Crippen LogP contribution in [0.5, 0.6) is 0 Å². The first kappa shape index (κ1) is 31.9. The first-order valence-electron chi connectivity index (χ1n) is 4.63. The van der Waals surface area contributed by atoms with Crippen LogP contribution in [0.3, 0.4) is 0 Å². The zero-order chi connectivity index (χ0) is 18.4.